The van der Waals surface area contributed by atoms with E-state index in [9.17, 15) is 4.79 Å². The van der Waals surface area contributed by atoms with Crippen molar-refractivity contribution in [3.63, 3.8) is 0 Å². The van der Waals surface area contributed by atoms with E-state index in [-0.39, 0.29) is 0 Å². The van der Waals surface area contributed by atoms with Crippen LogP contribution in [0.2, 0.25) is 0 Å². The third-order valence-corrected chi connectivity index (χ3v) is 0.798. The third-order valence-electron chi connectivity index (χ3n) is 0.798. The van der Waals surface area contributed by atoms with E-state index in [4.69, 9.17) is 0 Å². The van der Waals surface area contributed by atoms with Gasteiger partial charge in [-0.05, 0) is 12.4 Å². The Kier molecular flexibility index (Phi) is 1.37. The number of pyridine rings is 1. The number of aromatic nitrogens is 1. The summed E-state index contributed by atoms with van der Waals surface area (Å²) in [6.45, 7) is 0. The SMILES string of the molecule is O=[C-]c1ccncc1. The maximum Gasteiger partial charge on any atom is 0.0628 e. The zero-order chi connectivity index (χ0) is 5.82. The van der Waals surface area contributed by atoms with Gasteiger partial charge in [-0.2, -0.15) is 0 Å². The summed E-state index contributed by atoms with van der Waals surface area (Å²) in [6, 6.07) is 3.21. The molecule has 0 aromatic carbocycles. The smallest absolute Gasteiger partial charge is 0.0628 e. The molecule has 0 spiro atoms. The summed E-state index contributed by atoms with van der Waals surface area (Å²) in [5.41, 5.74) is 0.542. The molecule has 40 valence electrons. The molecule has 1 rings (SSSR count). The predicted molar refractivity (Wildman–Crippen MR) is 29.0 cm³/mol. The molecule has 1 aromatic heterocycles. The average molecular weight is 106 g/mol. The van der Waals surface area contributed by atoms with Crippen LogP contribution >= 0.6 is 0 Å². The molecule has 0 aliphatic rings. The molecular formula is C6H4NO-. The minimum atomic E-state index is 0.542. The van der Waals surface area contributed by atoms with E-state index in [0.29, 0.717) is 5.56 Å². The fourth-order valence-corrected chi connectivity index (χ4v) is 0.420. The third kappa shape index (κ3) is 0.904. The van der Waals surface area contributed by atoms with Crippen molar-refractivity contribution < 1.29 is 4.79 Å². The van der Waals surface area contributed by atoms with Gasteiger partial charge in [0.2, 0.25) is 0 Å². The lowest BCUT2D eigenvalue weighted by atomic mass is 10.3. The Balaban J connectivity index is 2.99. The Morgan fingerprint density at radius 3 is 2.38 bits per heavy atom. The van der Waals surface area contributed by atoms with E-state index in [0.717, 1.165) is 0 Å². The minimum absolute atomic E-state index is 0.542. The summed E-state index contributed by atoms with van der Waals surface area (Å²) in [6.07, 6.45) is 4.85. The molecule has 1 aromatic rings. The van der Waals surface area contributed by atoms with Gasteiger partial charge in [-0.15, -0.1) is 17.7 Å². The fraction of sp³-hybridized carbons (Fsp3) is 0. The molecule has 2 heteroatoms. The van der Waals surface area contributed by atoms with Crippen molar-refractivity contribution in [2.45, 2.75) is 0 Å². The molecule has 0 unspecified atom stereocenters. The standard InChI is InChI=1S/C6H4NO/c8-5-6-1-3-7-4-2-6/h1-4H/q-1. The molecule has 8 heavy (non-hydrogen) atoms. The molecule has 0 atom stereocenters. The number of carbonyl (C=O) groups excluding carboxylic acids is 1. The van der Waals surface area contributed by atoms with Crippen LogP contribution in [-0.2, 0) is 4.79 Å². The Bertz CT molecular complexity index is 171. The summed E-state index contributed by atoms with van der Waals surface area (Å²) in [5.74, 6) is 0. The largest absolute Gasteiger partial charge is 0.376 e. The minimum Gasteiger partial charge on any atom is -0.376 e. The summed E-state index contributed by atoms with van der Waals surface area (Å²) >= 11 is 0. The van der Waals surface area contributed by atoms with Crippen molar-refractivity contribution in [3.05, 3.63) is 30.1 Å². The van der Waals surface area contributed by atoms with Crippen LogP contribution in [0, 0.1) is 0 Å². The van der Waals surface area contributed by atoms with Crippen molar-refractivity contribution in [1.29, 1.82) is 0 Å². The highest BCUT2D eigenvalue weighted by atomic mass is 16.1. The predicted octanol–water partition coefficient (Wildman–Crippen LogP) is 0.539. The molecule has 1 heterocycles. The van der Waals surface area contributed by atoms with Crippen LogP contribution in [0.1, 0.15) is 5.56 Å². The second kappa shape index (κ2) is 2.21. The Morgan fingerprint density at radius 2 is 2.00 bits per heavy atom. The maximum atomic E-state index is 9.85. The normalized spacial score (nSPS) is 8.50. The molecule has 0 saturated carbocycles. The first-order valence-electron chi connectivity index (χ1n) is 2.21. The van der Waals surface area contributed by atoms with Gasteiger partial charge >= 0.3 is 0 Å². The van der Waals surface area contributed by atoms with Crippen LogP contribution in [-0.4, -0.2) is 11.3 Å². The lowest BCUT2D eigenvalue weighted by Gasteiger charge is -1.91. The van der Waals surface area contributed by atoms with Crippen molar-refractivity contribution in [3.8, 4) is 0 Å². The van der Waals surface area contributed by atoms with Gasteiger partial charge in [-0.1, -0.05) is 0 Å². The van der Waals surface area contributed by atoms with Gasteiger partial charge in [0.1, 0.15) is 0 Å². The van der Waals surface area contributed by atoms with Crippen LogP contribution in [0.25, 0.3) is 0 Å². The Labute approximate surface area is 47.2 Å². The van der Waals surface area contributed by atoms with Crippen LogP contribution in [0.3, 0.4) is 0 Å². The zero-order valence-electron chi connectivity index (χ0n) is 4.16. The topological polar surface area (TPSA) is 30.0 Å². The van der Waals surface area contributed by atoms with E-state index in [1.165, 1.54) is 0 Å². The lowest BCUT2D eigenvalue weighted by molar-refractivity contribution is 0.562. The monoisotopic (exact) mass is 106 g/mol. The van der Waals surface area contributed by atoms with Gasteiger partial charge in [0.15, 0.2) is 0 Å². The molecule has 0 amide bonds. The van der Waals surface area contributed by atoms with Crippen molar-refractivity contribution in [2.75, 3.05) is 0 Å². The highest BCUT2D eigenvalue weighted by Gasteiger charge is 1.69. The number of hydrogen-bond acceptors (Lipinski definition) is 2. The zero-order valence-corrected chi connectivity index (χ0v) is 4.16. The number of hydrogen-bond donors (Lipinski definition) is 0. The first-order valence-corrected chi connectivity index (χ1v) is 2.21. The second-order valence-electron chi connectivity index (χ2n) is 1.34. The summed E-state index contributed by atoms with van der Waals surface area (Å²) in [5, 5.41) is 0. The first kappa shape index (κ1) is 4.97. The Hall–Kier alpha value is -1.18. The van der Waals surface area contributed by atoms with E-state index >= 15 is 0 Å². The van der Waals surface area contributed by atoms with Gasteiger partial charge < -0.3 is 4.79 Å². The lowest BCUT2D eigenvalue weighted by Crippen LogP contribution is -1.77. The van der Waals surface area contributed by atoms with Crippen LogP contribution in [0.15, 0.2) is 24.5 Å². The van der Waals surface area contributed by atoms with Crippen LogP contribution < -0.4 is 0 Å². The van der Waals surface area contributed by atoms with Gasteiger partial charge in [0.25, 0.3) is 0 Å². The first-order chi connectivity index (χ1) is 3.93. The van der Waals surface area contributed by atoms with Gasteiger partial charge in [-0.3, -0.25) is 4.98 Å². The van der Waals surface area contributed by atoms with Crippen LogP contribution in [0.5, 0.6) is 0 Å². The average Bonchev–Trinajstić information content (AvgIpc) is 1.90. The summed E-state index contributed by atoms with van der Waals surface area (Å²) in [7, 11) is 0. The molecule has 0 saturated heterocycles. The maximum absolute atomic E-state index is 9.85. The van der Waals surface area contributed by atoms with E-state index in [2.05, 4.69) is 4.98 Å². The van der Waals surface area contributed by atoms with Gasteiger partial charge in [-0.25, -0.2) is 0 Å². The molecule has 0 fully saturated rings. The molecule has 2 nitrogen and oxygen atoms in total. The van der Waals surface area contributed by atoms with E-state index in [1.54, 1.807) is 30.8 Å². The highest BCUT2D eigenvalue weighted by Crippen LogP contribution is 1.87. The second-order valence-corrected chi connectivity index (χ2v) is 1.34. The molecule has 0 aliphatic heterocycles. The molecule has 0 bridgehead atoms. The van der Waals surface area contributed by atoms with Gasteiger partial charge in [0.05, 0.1) is 6.29 Å². The van der Waals surface area contributed by atoms with E-state index in [1.807, 2.05) is 0 Å². The molecular weight excluding hydrogens is 102 g/mol. The van der Waals surface area contributed by atoms with Crippen molar-refractivity contribution in [1.82, 2.24) is 4.98 Å². The Morgan fingerprint density at radius 1 is 1.38 bits per heavy atom. The summed E-state index contributed by atoms with van der Waals surface area (Å²) < 4.78 is 0. The molecule has 0 N–H and O–H groups in total. The van der Waals surface area contributed by atoms with Gasteiger partial charge in [0, 0.05) is 0 Å². The van der Waals surface area contributed by atoms with Crippen LogP contribution in [0.4, 0.5) is 0 Å². The number of rotatable bonds is 1. The molecule has 0 radical (unpaired) electrons. The van der Waals surface area contributed by atoms with Crippen molar-refractivity contribution >= 4 is 6.29 Å². The highest BCUT2D eigenvalue weighted by molar-refractivity contribution is 5.74. The number of nitrogens with zero attached hydrogens (tertiary/aromatic N) is 1. The van der Waals surface area contributed by atoms with E-state index < -0.39 is 0 Å². The fourth-order valence-electron chi connectivity index (χ4n) is 0.420. The van der Waals surface area contributed by atoms with Crippen molar-refractivity contribution in [2.24, 2.45) is 0 Å². The molecule has 0 aliphatic carbocycles. The quantitative estimate of drug-likeness (QED) is 0.489. The summed E-state index contributed by atoms with van der Waals surface area (Å²) in [4.78, 5) is 13.6.